The summed E-state index contributed by atoms with van der Waals surface area (Å²) in [6.45, 7) is 0. The molecule has 1 aromatic heterocycles. The molecular weight excluding hydrogens is 208 g/mol. The Labute approximate surface area is 92.8 Å². The van der Waals surface area contributed by atoms with Crippen LogP contribution in [0.4, 0.5) is 0 Å². The fourth-order valence-electron chi connectivity index (χ4n) is 1.51. The molecule has 1 aliphatic rings. The zero-order valence-corrected chi connectivity index (χ0v) is 8.88. The summed E-state index contributed by atoms with van der Waals surface area (Å²) in [5.74, 6) is -0.151. The van der Waals surface area contributed by atoms with E-state index in [0.717, 1.165) is 12.8 Å². The predicted octanol–water partition coefficient (Wildman–Crippen LogP) is 1.46. The van der Waals surface area contributed by atoms with E-state index >= 15 is 0 Å². The van der Waals surface area contributed by atoms with Crippen molar-refractivity contribution >= 4 is 11.7 Å². The molecule has 1 heterocycles. The Bertz CT molecular complexity index is 439. The van der Waals surface area contributed by atoms with Crippen molar-refractivity contribution in [2.75, 3.05) is 7.11 Å². The van der Waals surface area contributed by atoms with Crippen molar-refractivity contribution in [2.45, 2.75) is 12.8 Å². The molecule has 0 radical (unpaired) electrons. The van der Waals surface area contributed by atoms with Crippen LogP contribution in [0.15, 0.2) is 23.5 Å². The molecule has 16 heavy (non-hydrogen) atoms. The van der Waals surface area contributed by atoms with Crippen molar-refractivity contribution in [1.29, 1.82) is 0 Å². The van der Waals surface area contributed by atoms with E-state index in [1.54, 1.807) is 12.1 Å². The number of hydrogen-bond donors (Lipinski definition) is 1. The second-order valence-electron chi connectivity index (χ2n) is 3.68. The Morgan fingerprint density at radius 1 is 1.62 bits per heavy atom. The largest absolute Gasteiger partial charge is 0.465 e. The number of ether oxygens (including phenoxy) is 1. The maximum atomic E-state index is 11.3. The maximum Gasteiger partial charge on any atom is 0.337 e. The Balaban J connectivity index is 2.31. The summed E-state index contributed by atoms with van der Waals surface area (Å²) in [5.41, 5.74) is 1.49. The molecule has 1 aromatic rings. The molecule has 5 nitrogen and oxygen atoms in total. The lowest BCUT2D eigenvalue weighted by atomic mass is 10.1. The second-order valence-corrected chi connectivity index (χ2v) is 3.68. The molecular formula is C11H12N2O3. The van der Waals surface area contributed by atoms with Gasteiger partial charge in [-0.1, -0.05) is 5.16 Å². The van der Waals surface area contributed by atoms with E-state index in [-0.39, 0.29) is 5.92 Å². The zero-order valence-electron chi connectivity index (χ0n) is 8.88. The first-order valence-corrected chi connectivity index (χ1v) is 5.03. The molecule has 5 heteroatoms. The molecule has 0 amide bonds. The smallest absolute Gasteiger partial charge is 0.337 e. The zero-order chi connectivity index (χ0) is 11.5. The van der Waals surface area contributed by atoms with Crippen molar-refractivity contribution in [3.63, 3.8) is 0 Å². The first kappa shape index (κ1) is 10.6. The number of nitrogens with zero attached hydrogens (tertiary/aromatic N) is 2. The summed E-state index contributed by atoms with van der Waals surface area (Å²) in [5, 5.41) is 12.2. The number of pyridine rings is 1. The highest BCUT2D eigenvalue weighted by atomic mass is 16.5. The van der Waals surface area contributed by atoms with Crippen molar-refractivity contribution in [3.05, 3.63) is 29.6 Å². The van der Waals surface area contributed by atoms with E-state index in [0.29, 0.717) is 17.0 Å². The standard InChI is InChI=1S/C11H12N2O3/c1-16-11(14)8-4-5-12-9(6-8)10(13-15)7-2-3-7/h4-7,15H,2-3H2,1H3/b13-10-. The van der Waals surface area contributed by atoms with Gasteiger partial charge in [-0.3, -0.25) is 4.98 Å². The highest BCUT2D eigenvalue weighted by Crippen LogP contribution is 2.32. The Morgan fingerprint density at radius 3 is 2.94 bits per heavy atom. The van der Waals surface area contributed by atoms with E-state index < -0.39 is 5.97 Å². The number of aromatic nitrogens is 1. The molecule has 2 rings (SSSR count). The molecule has 0 aliphatic heterocycles. The number of carbonyl (C=O) groups excluding carboxylic acids is 1. The lowest BCUT2D eigenvalue weighted by Gasteiger charge is -2.03. The SMILES string of the molecule is COC(=O)c1ccnc(/C(=N\O)C2CC2)c1. The molecule has 0 unspecified atom stereocenters. The van der Waals surface area contributed by atoms with Crippen LogP contribution in [-0.4, -0.2) is 29.0 Å². The summed E-state index contributed by atoms with van der Waals surface area (Å²) >= 11 is 0. The molecule has 0 aromatic carbocycles. The second kappa shape index (κ2) is 4.30. The maximum absolute atomic E-state index is 11.3. The van der Waals surface area contributed by atoms with Crippen molar-refractivity contribution in [3.8, 4) is 0 Å². The van der Waals surface area contributed by atoms with Crippen LogP contribution in [0.25, 0.3) is 0 Å². The predicted molar refractivity (Wildman–Crippen MR) is 56.6 cm³/mol. The average molecular weight is 220 g/mol. The number of methoxy groups -OCH3 is 1. The van der Waals surface area contributed by atoms with Gasteiger partial charge in [0.15, 0.2) is 0 Å². The van der Waals surface area contributed by atoms with Gasteiger partial charge in [0.05, 0.1) is 18.4 Å². The Morgan fingerprint density at radius 2 is 2.38 bits per heavy atom. The highest BCUT2D eigenvalue weighted by Gasteiger charge is 2.30. The van der Waals surface area contributed by atoms with Gasteiger partial charge in [0.2, 0.25) is 0 Å². The Hall–Kier alpha value is -1.91. The van der Waals surface area contributed by atoms with Gasteiger partial charge in [-0.25, -0.2) is 4.79 Å². The number of oxime groups is 1. The molecule has 1 aliphatic carbocycles. The van der Waals surface area contributed by atoms with Gasteiger partial charge in [0, 0.05) is 12.1 Å². The number of esters is 1. The van der Waals surface area contributed by atoms with E-state index in [9.17, 15) is 4.79 Å². The number of carbonyl (C=O) groups is 1. The molecule has 84 valence electrons. The van der Waals surface area contributed by atoms with E-state index in [2.05, 4.69) is 14.9 Å². The minimum absolute atomic E-state index is 0.269. The molecule has 1 saturated carbocycles. The van der Waals surface area contributed by atoms with Crippen LogP contribution >= 0.6 is 0 Å². The molecule has 1 N–H and O–H groups in total. The summed E-state index contributed by atoms with van der Waals surface area (Å²) in [4.78, 5) is 15.4. The normalized spacial score (nSPS) is 15.9. The van der Waals surface area contributed by atoms with E-state index in [1.807, 2.05) is 0 Å². The van der Waals surface area contributed by atoms with Crippen LogP contribution in [0.1, 0.15) is 28.9 Å². The van der Waals surface area contributed by atoms with Crippen LogP contribution < -0.4 is 0 Å². The summed E-state index contributed by atoms with van der Waals surface area (Å²) in [6.07, 6.45) is 3.52. The molecule has 1 fully saturated rings. The fraction of sp³-hybridized carbons (Fsp3) is 0.364. The van der Waals surface area contributed by atoms with Gasteiger partial charge < -0.3 is 9.94 Å². The molecule has 0 atom stereocenters. The lowest BCUT2D eigenvalue weighted by molar-refractivity contribution is 0.0600. The van der Waals surface area contributed by atoms with Gasteiger partial charge in [-0.2, -0.15) is 0 Å². The van der Waals surface area contributed by atoms with Gasteiger partial charge in [0.1, 0.15) is 5.71 Å². The van der Waals surface area contributed by atoms with Crippen LogP contribution in [0.3, 0.4) is 0 Å². The molecule has 0 spiro atoms. The average Bonchev–Trinajstić information content (AvgIpc) is 3.14. The highest BCUT2D eigenvalue weighted by molar-refractivity contribution is 6.03. The van der Waals surface area contributed by atoms with Crippen molar-refractivity contribution in [1.82, 2.24) is 4.98 Å². The minimum Gasteiger partial charge on any atom is -0.465 e. The van der Waals surface area contributed by atoms with Crippen LogP contribution in [0, 0.1) is 5.92 Å². The third kappa shape index (κ3) is 2.03. The van der Waals surface area contributed by atoms with Gasteiger partial charge >= 0.3 is 5.97 Å². The minimum atomic E-state index is -0.420. The number of hydrogen-bond acceptors (Lipinski definition) is 5. The Kier molecular flexibility index (Phi) is 2.85. The quantitative estimate of drug-likeness (QED) is 0.362. The third-order valence-corrected chi connectivity index (χ3v) is 2.52. The summed E-state index contributed by atoms with van der Waals surface area (Å²) in [6, 6.07) is 3.15. The van der Waals surface area contributed by atoms with Crippen molar-refractivity contribution < 1.29 is 14.7 Å². The first-order valence-electron chi connectivity index (χ1n) is 5.03. The van der Waals surface area contributed by atoms with Crippen molar-refractivity contribution in [2.24, 2.45) is 11.1 Å². The fourth-order valence-corrected chi connectivity index (χ4v) is 1.51. The van der Waals surface area contributed by atoms with Crippen LogP contribution in [0.2, 0.25) is 0 Å². The third-order valence-electron chi connectivity index (χ3n) is 2.52. The van der Waals surface area contributed by atoms with Crippen LogP contribution in [0.5, 0.6) is 0 Å². The molecule has 0 saturated heterocycles. The first-order chi connectivity index (χ1) is 7.76. The summed E-state index contributed by atoms with van der Waals surface area (Å²) < 4.78 is 4.61. The van der Waals surface area contributed by atoms with Gasteiger partial charge in [0.25, 0.3) is 0 Å². The van der Waals surface area contributed by atoms with E-state index in [1.165, 1.54) is 13.3 Å². The van der Waals surface area contributed by atoms with Gasteiger partial charge in [-0.15, -0.1) is 0 Å². The topological polar surface area (TPSA) is 71.8 Å². The van der Waals surface area contributed by atoms with E-state index in [4.69, 9.17) is 5.21 Å². The number of rotatable bonds is 3. The summed E-state index contributed by atoms with van der Waals surface area (Å²) in [7, 11) is 1.32. The van der Waals surface area contributed by atoms with Crippen LogP contribution in [-0.2, 0) is 4.74 Å². The monoisotopic (exact) mass is 220 g/mol. The molecule has 0 bridgehead atoms. The lowest BCUT2D eigenvalue weighted by Crippen LogP contribution is -2.09. The van der Waals surface area contributed by atoms with Gasteiger partial charge in [-0.05, 0) is 25.0 Å².